The average Bonchev–Trinajstić information content (AvgIpc) is 3.03. The number of carbonyl (C=O) groups is 1. The number of H-pyrrole nitrogens is 1. The molecule has 1 aromatic heterocycles. The number of fused-ring (bicyclic) bond motifs is 1. The highest BCUT2D eigenvalue weighted by Crippen LogP contribution is 2.17. The Balaban J connectivity index is 1.66. The number of piperazine rings is 1. The Labute approximate surface area is 130 Å². The SMILES string of the molecule is CCC(CO)N1CCN(C(=O)c2ccc3[nH]ccc3c2)CC1. The predicted molar refractivity (Wildman–Crippen MR) is 86.9 cm³/mol. The summed E-state index contributed by atoms with van der Waals surface area (Å²) >= 11 is 0. The Morgan fingerprint density at radius 2 is 2.05 bits per heavy atom. The van der Waals surface area contributed by atoms with Crippen molar-refractivity contribution in [3.63, 3.8) is 0 Å². The first-order chi connectivity index (χ1) is 10.7. The fourth-order valence-corrected chi connectivity index (χ4v) is 3.16. The van der Waals surface area contributed by atoms with Gasteiger partial charge in [0.1, 0.15) is 0 Å². The van der Waals surface area contributed by atoms with Gasteiger partial charge < -0.3 is 15.0 Å². The molecule has 1 amide bonds. The third kappa shape index (κ3) is 2.87. The van der Waals surface area contributed by atoms with E-state index in [1.807, 2.05) is 35.4 Å². The highest BCUT2D eigenvalue weighted by atomic mass is 16.3. The zero-order valence-corrected chi connectivity index (χ0v) is 13.0. The molecule has 22 heavy (non-hydrogen) atoms. The molecule has 5 heteroatoms. The largest absolute Gasteiger partial charge is 0.395 e. The minimum absolute atomic E-state index is 0.0970. The molecule has 1 saturated heterocycles. The normalized spacial score (nSPS) is 17.8. The van der Waals surface area contributed by atoms with Crippen molar-refractivity contribution in [1.29, 1.82) is 0 Å². The summed E-state index contributed by atoms with van der Waals surface area (Å²) in [6.07, 6.45) is 2.83. The third-order valence-corrected chi connectivity index (χ3v) is 4.60. The Bertz CT molecular complexity index is 640. The van der Waals surface area contributed by atoms with E-state index in [1.54, 1.807) is 0 Å². The molecule has 1 fully saturated rings. The van der Waals surface area contributed by atoms with E-state index in [9.17, 15) is 9.90 Å². The van der Waals surface area contributed by atoms with E-state index < -0.39 is 0 Å². The monoisotopic (exact) mass is 301 g/mol. The second-order valence-electron chi connectivity index (χ2n) is 5.85. The number of nitrogens with one attached hydrogen (secondary N) is 1. The highest BCUT2D eigenvalue weighted by Gasteiger charge is 2.25. The molecule has 0 spiro atoms. The number of amides is 1. The summed E-state index contributed by atoms with van der Waals surface area (Å²) in [5.41, 5.74) is 1.80. The van der Waals surface area contributed by atoms with Crippen molar-refractivity contribution in [2.45, 2.75) is 19.4 Å². The lowest BCUT2D eigenvalue weighted by Gasteiger charge is -2.38. The molecule has 0 radical (unpaired) electrons. The van der Waals surface area contributed by atoms with Gasteiger partial charge in [-0.3, -0.25) is 9.69 Å². The van der Waals surface area contributed by atoms with Crippen LogP contribution in [0.4, 0.5) is 0 Å². The van der Waals surface area contributed by atoms with E-state index >= 15 is 0 Å². The number of aliphatic hydroxyl groups is 1. The number of hydrogen-bond acceptors (Lipinski definition) is 3. The quantitative estimate of drug-likeness (QED) is 0.903. The first-order valence-electron chi connectivity index (χ1n) is 7.94. The number of hydrogen-bond donors (Lipinski definition) is 2. The molecule has 1 aliphatic rings. The highest BCUT2D eigenvalue weighted by molar-refractivity contribution is 5.98. The summed E-state index contributed by atoms with van der Waals surface area (Å²) in [6, 6.07) is 7.99. The average molecular weight is 301 g/mol. The van der Waals surface area contributed by atoms with Crippen LogP contribution in [0.2, 0.25) is 0 Å². The number of benzene rings is 1. The van der Waals surface area contributed by atoms with Crippen LogP contribution in [0.25, 0.3) is 10.9 Å². The van der Waals surface area contributed by atoms with Crippen LogP contribution in [0, 0.1) is 0 Å². The number of carbonyl (C=O) groups excluding carboxylic acids is 1. The lowest BCUT2D eigenvalue weighted by molar-refractivity contribution is 0.0472. The maximum Gasteiger partial charge on any atom is 0.253 e. The fourth-order valence-electron chi connectivity index (χ4n) is 3.16. The minimum atomic E-state index is 0.0970. The number of aromatic amines is 1. The van der Waals surface area contributed by atoms with Gasteiger partial charge in [0.2, 0.25) is 0 Å². The molecule has 1 unspecified atom stereocenters. The van der Waals surface area contributed by atoms with E-state index in [2.05, 4.69) is 16.8 Å². The zero-order valence-electron chi connectivity index (χ0n) is 13.0. The van der Waals surface area contributed by atoms with Crippen molar-refractivity contribution >= 4 is 16.8 Å². The maximum atomic E-state index is 12.6. The maximum absolute atomic E-state index is 12.6. The number of aromatic nitrogens is 1. The molecule has 0 saturated carbocycles. The van der Waals surface area contributed by atoms with Crippen molar-refractivity contribution in [2.24, 2.45) is 0 Å². The number of aliphatic hydroxyl groups excluding tert-OH is 1. The van der Waals surface area contributed by atoms with E-state index in [-0.39, 0.29) is 18.6 Å². The van der Waals surface area contributed by atoms with Crippen LogP contribution in [0.15, 0.2) is 30.5 Å². The number of nitrogens with zero attached hydrogens (tertiary/aromatic N) is 2. The van der Waals surface area contributed by atoms with E-state index in [4.69, 9.17) is 0 Å². The molecule has 0 aliphatic carbocycles. The fraction of sp³-hybridized carbons (Fsp3) is 0.471. The van der Waals surface area contributed by atoms with E-state index in [0.717, 1.165) is 49.1 Å². The molecule has 2 N–H and O–H groups in total. The molecular weight excluding hydrogens is 278 g/mol. The van der Waals surface area contributed by atoms with Crippen molar-refractivity contribution in [1.82, 2.24) is 14.8 Å². The lowest BCUT2D eigenvalue weighted by atomic mass is 10.1. The first-order valence-corrected chi connectivity index (χ1v) is 7.94. The van der Waals surface area contributed by atoms with Crippen molar-refractivity contribution < 1.29 is 9.90 Å². The Morgan fingerprint density at radius 1 is 1.27 bits per heavy atom. The second kappa shape index (κ2) is 6.50. The van der Waals surface area contributed by atoms with Crippen LogP contribution in [-0.4, -0.2) is 64.6 Å². The molecule has 3 rings (SSSR count). The van der Waals surface area contributed by atoms with Gasteiger partial charge >= 0.3 is 0 Å². The van der Waals surface area contributed by atoms with Crippen LogP contribution >= 0.6 is 0 Å². The van der Waals surface area contributed by atoms with Crippen molar-refractivity contribution in [3.05, 3.63) is 36.0 Å². The van der Waals surface area contributed by atoms with Crippen LogP contribution in [0.5, 0.6) is 0 Å². The topological polar surface area (TPSA) is 59.6 Å². The van der Waals surface area contributed by atoms with Crippen LogP contribution in [-0.2, 0) is 0 Å². The van der Waals surface area contributed by atoms with Crippen molar-refractivity contribution in [3.8, 4) is 0 Å². The van der Waals surface area contributed by atoms with Gasteiger partial charge in [-0.15, -0.1) is 0 Å². The predicted octanol–water partition coefficient (Wildman–Crippen LogP) is 1.70. The van der Waals surface area contributed by atoms with Crippen molar-refractivity contribution in [2.75, 3.05) is 32.8 Å². The smallest absolute Gasteiger partial charge is 0.253 e. The summed E-state index contributed by atoms with van der Waals surface area (Å²) < 4.78 is 0. The van der Waals surface area contributed by atoms with Gasteiger partial charge in [0.15, 0.2) is 0 Å². The molecule has 1 atom stereocenters. The van der Waals surface area contributed by atoms with Crippen LogP contribution in [0.3, 0.4) is 0 Å². The summed E-state index contributed by atoms with van der Waals surface area (Å²) in [5.74, 6) is 0.0970. The van der Waals surface area contributed by atoms with E-state index in [1.165, 1.54) is 0 Å². The van der Waals surface area contributed by atoms with Crippen LogP contribution in [0.1, 0.15) is 23.7 Å². The van der Waals surface area contributed by atoms with Gasteiger partial charge in [0.25, 0.3) is 5.91 Å². The summed E-state index contributed by atoms with van der Waals surface area (Å²) in [7, 11) is 0. The van der Waals surface area contributed by atoms with E-state index in [0.29, 0.717) is 0 Å². The van der Waals surface area contributed by atoms with Gasteiger partial charge in [-0.1, -0.05) is 6.92 Å². The summed E-state index contributed by atoms with van der Waals surface area (Å²) in [5, 5.41) is 10.5. The molecule has 2 aromatic rings. The Morgan fingerprint density at radius 3 is 2.73 bits per heavy atom. The second-order valence-corrected chi connectivity index (χ2v) is 5.85. The summed E-state index contributed by atoms with van der Waals surface area (Å²) in [4.78, 5) is 20.0. The van der Waals surface area contributed by atoms with Crippen LogP contribution < -0.4 is 0 Å². The molecule has 0 bridgehead atoms. The Kier molecular flexibility index (Phi) is 4.45. The Hall–Kier alpha value is -1.85. The minimum Gasteiger partial charge on any atom is -0.395 e. The van der Waals surface area contributed by atoms with Gasteiger partial charge in [-0.05, 0) is 30.7 Å². The van der Waals surface area contributed by atoms with Gasteiger partial charge in [-0.25, -0.2) is 0 Å². The molecule has 1 aromatic carbocycles. The first kappa shape index (κ1) is 15.1. The molecule has 5 nitrogen and oxygen atoms in total. The standard InChI is InChI=1S/C17H23N3O2/c1-2-15(12-21)19-7-9-20(10-8-19)17(22)14-3-4-16-13(11-14)5-6-18-16/h3-6,11,15,18,21H,2,7-10,12H2,1H3. The van der Waals surface area contributed by atoms with Gasteiger partial charge in [0, 0.05) is 54.9 Å². The summed E-state index contributed by atoms with van der Waals surface area (Å²) in [6.45, 7) is 5.38. The zero-order chi connectivity index (χ0) is 15.5. The van der Waals surface area contributed by atoms with Gasteiger partial charge in [-0.2, -0.15) is 0 Å². The molecular formula is C17H23N3O2. The third-order valence-electron chi connectivity index (χ3n) is 4.60. The number of rotatable bonds is 4. The molecule has 118 valence electrons. The molecule has 2 heterocycles. The lowest BCUT2D eigenvalue weighted by Crippen LogP contribution is -2.52. The molecule has 1 aliphatic heterocycles. The van der Waals surface area contributed by atoms with Gasteiger partial charge in [0.05, 0.1) is 6.61 Å².